The molecule has 3 aromatic carbocycles. The van der Waals surface area contributed by atoms with E-state index in [0.717, 1.165) is 36.6 Å². The van der Waals surface area contributed by atoms with E-state index in [1.54, 1.807) is 0 Å². The summed E-state index contributed by atoms with van der Waals surface area (Å²) >= 11 is 7.00. The quantitative estimate of drug-likeness (QED) is 0.252. The van der Waals surface area contributed by atoms with Gasteiger partial charge in [-0.1, -0.05) is 74.3 Å². The van der Waals surface area contributed by atoms with Crippen LogP contribution in [0.5, 0.6) is 0 Å². The fourth-order valence-corrected chi connectivity index (χ4v) is 3.96. The van der Waals surface area contributed by atoms with Crippen LogP contribution < -0.4 is 5.43 Å². The van der Waals surface area contributed by atoms with E-state index in [4.69, 9.17) is 4.42 Å². The van der Waals surface area contributed by atoms with Gasteiger partial charge in [0.05, 0.1) is 12.6 Å². The lowest BCUT2D eigenvalue weighted by atomic mass is 10.0. The third-order valence-corrected chi connectivity index (χ3v) is 5.61. The average Bonchev–Trinajstić information content (AvgIpc) is 3.19. The van der Waals surface area contributed by atoms with Crippen LogP contribution in [0.15, 0.2) is 91.3 Å². The number of nitrogens with zero attached hydrogens (tertiary/aromatic N) is 1. The van der Waals surface area contributed by atoms with Crippen LogP contribution in [-0.2, 0) is 11.2 Å². The Balaban J connectivity index is 1.42. The zero-order valence-electron chi connectivity index (χ0n) is 15.2. The van der Waals surface area contributed by atoms with Gasteiger partial charge in [0.25, 0.3) is 0 Å². The van der Waals surface area contributed by atoms with Gasteiger partial charge in [-0.3, -0.25) is 4.79 Å². The first-order chi connectivity index (χ1) is 14.1. The summed E-state index contributed by atoms with van der Waals surface area (Å²) in [6, 6.07) is 23.4. The van der Waals surface area contributed by atoms with Gasteiger partial charge in [0.15, 0.2) is 0 Å². The van der Waals surface area contributed by atoms with E-state index in [9.17, 15) is 4.79 Å². The number of hydrogen-bond acceptors (Lipinski definition) is 3. The lowest BCUT2D eigenvalue weighted by molar-refractivity contribution is -0.120. The molecule has 1 heterocycles. The first-order valence-corrected chi connectivity index (χ1v) is 10.5. The Morgan fingerprint density at radius 2 is 1.79 bits per heavy atom. The van der Waals surface area contributed by atoms with Crippen molar-refractivity contribution in [2.75, 3.05) is 0 Å². The molecule has 0 radical (unpaired) electrons. The number of carbonyl (C=O) groups excluding carboxylic acids is 1. The molecule has 0 aliphatic rings. The summed E-state index contributed by atoms with van der Waals surface area (Å²) in [7, 11) is 0. The van der Waals surface area contributed by atoms with Crippen molar-refractivity contribution < 1.29 is 9.21 Å². The van der Waals surface area contributed by atoms with Crippen molar-refractivity contribution in [2.24, 2.45) is 5.10 Å². The minimum Gasteiger partial charge on any atom is -0.455 e. The Hall–Kier alpha value is -2.70. The van der Waals surface area contributed by atoms with Crippen molar-refractivity contribution in [3.05, 3.63) is 93.1 Å². The standard InChI is InChI=1S/C23H16Br2N2O2/c24-17-5-3-4-16(12-17)22-11-9-18(29-22)14-26-27-23(28)13-15-8-10-21(25)20-7-2-1-6-19(15)20/h1-12,14H,13H2,(H,27,28)/b26-14+. The van der Waals surface area contributed by atoms with Crippen molar-refractivity contribution >= 4 is 54.8 Å². The lowest BCUT2D eigenvalue weighted by Gasteiger charge is -2.07. The molecule has 6 heteroatoms. The van der Waals surface area contributed by atoms with Crippen LogP contribution in [0.25, 0.3) is 22.1 Å². The first kappa shape index (κ1) is 19.6. The van der Waals surface area contributed by atoms with Crippen LogP contribution in [-0.4, -0.2) is 12.1 Å². The molecule has 0 bridgehead atoms. The predicted molar refractivity (Wildman–Crippen MR) is 123 cm³/mol. The average molecular weight is 512 g/mol. The normalized spacial score (nSPS) is 11.2. The van der Waals surface area contributed by atoms with Crippen molar-refractivity contribution in [2.45, 2.75) is 6.42 Å². The van der Waals surface area contributed by atoms with Crippen LogP contribution >= 0.6 is 31.9 Å². The maximum absolute atomic E-state index is 12.3. The highest BCUT2D eigenvalue weighted by molar-refractivity contribution is 9.11. The summed E-state index contributed by atoms with van der Waals surface area (Å²) in [5, 5.41) is 6.15. The summed E-state index contributed by atoms with van der Waals surface area (Å²) in [6.45, 7) is 0. The summed E-state index contributed by atoms with van der Waals surface area (Å²) in [4.78, 5) is 12.3. The molecule has 4 nitrogen and oxygen atoms in total. The molecule has 4 rings (SSSR count). The van der Waals surface area contributed by atoms with Gasteiger partial charge in [-0.05, 0) is 46.7 Å². The highest BCUT2D eigenvalue weighted by Gasteiger charge is 2.08. The Labute approximate surface area is 184 Å². The largest absolute Gasteiger partial charge is 0.455 e. The fourth-order valence-electron chi connectivity index (χ4n) is 3.08. The second-order valence-corrected chi connectivity index (χ2v) is 8.20. The third kappa shape index (κ3) is 4.66. The lowest BCUT2D eigenvalue weighted by Crippen LogP contribution is -2.19. The van der Waals surface area contributed by atoms with Gasteiger partial charge >= 0.3 is 0 Å². The number of rotatable bonds is 5. The molecule has 0 fully saturated rings. The van der Waals surface area contributed by atoms with Crippen LogP contribution in [0.3, 0.4) is 0 Å². The Kier molecular flexibility index (Phi) is 5.92. The first-order valence-electron chi connectivity index (χ1n) is 8.94. The number of hydrazone groups is 1. The molecule has 0 unspecified atom stereocenters. The van der Waals surface area contributed by atoms with E-state index >= 15 is 0 Å². The molecule has 4 aromatic rings. The van der Waals surface area contributed by atoms with E-state index in [2.05, 4.69) is 42.4 Å². The number of nitrogens with one attached hydrogen (secondary N) is 1. The number of furan rings is 1. The molecule has 1 N–H and O–H groups in total. The van der Waals surface area contributed by atoms with E-state index in [0.29, 0.717) is 5.76 Å². The minimum atomic E-state index is -0.188. The Morgan fingerprint density at radius 3 is 2.62 bits per heavy atom. The van der Waals surface area contributed by atoms with Gasteiger partial charge in [0.1, 0.15) is 11.5 Å². The smallest absolute Gasteiger partial charge is 0.244 e. The van der Waals surface area contributed by atoms with Crippen molar-refractivity contribution in [1.82, 2.24) is 5.43 Å². The number of benzene rings is 3. The summed E-state index contributed by atoms with van der Waals surface area (Å²) < 4.78 is 7.76. The molecule has 1 aromatic heterocycles. The van der Waals surface area contributed by atoms with Gasteiger partial charge < -0.3 is 4.42 Å². The highest BCUT2D eigenvalue weighted by atomic mass is 79.9. The van der Waals surface area contributed by atoms with Gasteiger partial charge in [0.2, 0.25) is 5.91 Å². The zero-order chi connectivity index (χ0) is 20.2. The maximum atomic E-state index is 12.3. The van der Waals surface area contributed by atoms with E-state index in [-0.39, 0.29) is 12.3 Å². The number of fused-ring (bicyclic) bond motifs is 1. The molecule has 0 aliphatic carbocycles. The van der Waals surface area contributed by atoms with Crippen molar-refractivity contribution in [3.8, 4) is 11.3 Å². The third-order valence-electron chi connectivity index (χ3n) is 4.43. The van der Waals surface area contributed by atoms with Crippen molar-refractivity contribution in [3.63, 3.8) is 0 Å². The van der Waals surface area contributed by atoms with E-state index in [1.165, 1.54) is 6.21 Å². The van der Waals surface area contributed by atoms with Crippen LogP contribution in [0, 0.1) is 0 Å². The molecule has 0 spiro atoms. The molecule has 0 saturated carbocycles. The number of amides is 1. The molecular weight excluding hydrogens is 496 g/mol. The van der Waals surface area contributed by atoms with Crippen LogP contribution in [0.2, 0.25) is 0 Å². The van der Waals surface area contributed by atoms with Gasteiger partial charge in [-0.2, -0.15) is 5.10 Å². The molecule has 0 atom stereocenters. The second-order valence-electron chi connectivity index (χ2n) is 6.43. The SMILES string of the molecule is O=C(Cc1ccc(Br)c2ccccc12)N/N=C/c1ccc(-c2cccc(Br)c2)o1. The minimum absolute atomic E-state index is 0.188. The van der Waals surface area contributed by atoms with Crippen LogP contribution in [0.4, 0.5) is 0 Å². The van der Waals surface area contributed by atoms with Crippen LogP contribution in [0.1, 0.15) is 11.3 Å². The Morgan fingerprint density at radius 1 is 0.966 bits per heavy atom. The van der Waals surface area contributed by atoms with Crippen molar-refractivity contribution in [1.29, 1.82) is 0 Å². The zero-order valence-corrected chi connectivity index (χ0v) is 18.4. The number of hydrogen-bond donors (Lipinski definition) is 1. The molecule has 0 saturated heterocycles. The summed E-state index contributed by atoms with van der Waals surface area (Å²) in [5.41, 5.74) is 4.48. The summed E-state index contributed by atoms with van der Waals surface area (Å²) in [5.74, 6) is 1.11. The van der Waals surface area contributed by atoms with Gasteiger partial charge in [0, 0.05) is 14.5 Å². The summed E-state index contributed by atoms with van der Waals surface area (Å²) in [6.07, 6.45) is 1.74. The highest BCUT2D eigenvalue weighted by Crippen LogP contribution is 2.27. The van der Waals surface area contributed by atoms with Gasteiger partial charge in [-0.15, -0.1) is 0 Å². The second kappa shape index (κ2) is 8.76. The molecular formula is C23H16Br2N2O2. The monoisotopic (exact) mass is 510 g/mol. The van der Waals surface area contributed by atoms with Gasteiger partial charge in [-0.25, -0.2) is 5.43 Å². The van der Waals surface area contributed by atoms with E-state index in [1.807, 2.05) is 72.8 Å². The topological polar surface area (TPSA) is 54.6 Å². The molecule has 144 valence electrons. The maximum Gasteiger partial charge on any atom is 0.244 e. The fraction of sp³-hybridized carbons (Fsp3) is 0.0435. The predicted octanol–water partition coefficient (Wildman–Crippen LogP) is 6.32. The number of halogens is 2. The Bertz CT molecular complexity index is 1210. The molecule has 0 aliphatic heterocycles. The molecule has 1 amide bonds. The molecule has 29 heavy (non-hydrogen) atoms. The number of carbonyl (C=O) groups is 1. The van der Waals surface area contributed by atoms with E-state index < -0.39 is 0 Å².